The molecule has 3 unspecified atom stereocenters. The van der Waals surface area contributed by atoms with Crippen LogP contribution in [-0.2, 0) is 19.3 Å². The number of hydrogen-bond donors (Lipinski definition) is 2. The van der Waals surface area contributed by atoms with E-state index in [1.54, 1.807) is 6.20 Å². The third-order valence-corrected chi connectivity index (χ3v) is 8.30. The second kappa shape index (κ2) is 11.6. The zero-order valence-corrected chi connectivity index (χ0v) is 23.5. The number of hydrogen-bond acceptors (Lipinski definition) is 7. The van der Waals surface area contributed by atoms with Crippen molar-refractivity contribution in [3.63, 3.8) is 0 Å². The Hall–Kier alpha value is -1.01. The van der Waals surface area contributed by atoms with Crippen LogP contribution < -0.4 is 11.2 Å². The van der Waals surface area contributed by atoms with Crippen LogP contribution in [0.25, 0.3) is 10.9 Å². The Morgan fingerprint density at radius 3 is 2.71 bits per heavy atom. The molecule has 3 N–H and O–H groups in total. The van der Waals surface area contributed by atoms with E-state index in [4.69, 9.17) is 36.7 Å². The Morgan fingerprint density at radius 2 is 2.00 bits per heavy atom. The number of nitrogens with two attached hydrogens (primary N) is 1. The molecule has 2 fully saturated rings. The zero-order chi connectivity index (χ0) is 25.1. The minimum Gasteiger partial charge on any atom is -0.337 e. The summed E-state index contributed by atoms with van der Waals surface area (Å²) in [6, 6.07) is 5.57. The summed E-state index contributed by atoms with van der Waals surface area (Å²) in [5, 5.41) is 1.66. The van der Waals surface area contributed by atoms with Crippen molar-refractivity contribution in [3.05, 3.63) is 46.6 Å². The van der Waals surface area contributed by atoms with Gasteiger partial charge in [0.25, 0.3) is 0 Å². The largest absolute Gasteiger partial charge is 0.337 e. The number of aromatic nitrogens is 1. The summed E-state index contributed by atoms with van der Waals surface area (Å²) in [5.41, 5.74) is 11.8. The van der Waals surface area contributed by atoms with Gasteiger partial charge in [0, 0.05) is 33.4 Å². The second-order valence-electron chi connectivity index (χ2n) is 9.69. The molecule has 3 atom stereocenters. The number of ether oxygens (including phenoxy) is 1. The van der Waals surface area contributed by atoms with Crippen LogP contribution in [0.3, 0.4) is 0 Å². The van der Waals surface area contributed by atoms with Gasteiger partial charge in [-0.05, 0) is 70.2 Å². The first-order chi connectivity index (χ1) is 16.8. The smallest absolute Gasteiger partial charge is 0.202 e. The lowest BCUT2D eigenvalue weighted by atomic mass is 9.82. The summed E-state index contributed by atoms with van der Waals surface area (Å²) in [7, 11) is 0. The van der Waals surface area contributed by atoms with Gasteiger partial charge in [-0.3, -0.25) is 15.3 Å². The third kappa shape index (κ3) is 6.11. The van der Waals surface area contributed by atoms with Gasteiger partial charge in [0.05, 0.1) is 11.2 Å². The molecule has 1 aliphatic heterocycles. The fourth-order valence-corrected chi connectivity index (χ4v) is 5.50. The van der Waals surface area contributed by atoms with Gasteiger partial charge >= 0.3 is 0 Å². The van der Waals surface area contributed by atoms with Crippen LogP contribution in [0.1, 0.15) is 64.4 Å². The third-order valence-electron chi connectivity index (χ3n) is 7.09. The number of halogens is 2. The van der Waals surface area contributed by atoms with E-state index in [0.29, 0.717) is 8.95 Å². The quantitative estimate of drug-likeness (QED) is 0.0982. The lowest BCUT2D eigenvalue weighted by Gasteiger charge is -2.50. The first-order valence-electron chi connectivity index (χ1n) is 12.3. The van der Waals surface area contributed by atoms with E-state index in [-0.39, 0.29) is 18.4 Å². The fraction of sp³-hybridized carbons (Fsp3) is 0.577. The molecule has 35 heavy (non-hydrogen) atoms. The first kappa shape index (κ1) is 27.0. The maximum Gasteiger partial charge on any atom is 0.202 e. The minimum absolute atomic E-state index is 0.0420. The molecular formula is C26H35ClIN3O4. The van der Waals surface area contributed by atoms with Crippen molar-refractivity contribution in [1.29, 1.82) is 0 Å². The Morgan fingerprint density at radius 1 is 1.23 bits per heavy atom. The number of nitrogens with one attached hydrogen (secondary N) is 1. The van der Waals surface area contributed by atoms with Gasteiger partial charge in [-0.2, -0.15) is 0 Å². The maximum atomic E-state index is 6.38. The van der Waals surface area contributed by atoms with Gasteiger partial charge in [0.1, 0.15) is 18.4 Å². The van der Waals surface area contributed by atoms with E-state index in [0.717, 1.165) is 47.8 Å². The highest BCUT2D eigenvalue weighted by atomic mass is 127. The molecular weight excluding hydrogens is 581 g/mol. The summed E-state index contributed by atoms with van der Waals surface area (Å²) >= 11 is 8.51. The second-order valence-corrected chi connectivity index (χ2v) is 12.0. The lowest BCUT2D eigenvalue weighted by Crippen LogP contribution is -2.57. The van der Waals surface area contributed by atoms with Crippen LogP contribution in [0.15, 0.2) is 36.0 Å². The highest BCUT2D eigenvalue weighted by Crippen LogP contribution is 2.46. The van der Waals surface area contributed by atoms with Gasteiger partial charge < -0.3 is 10.5 Å². The monoisotopic (exact) mass is 615 g/mol. The van der Waals surface area contributed by atoms with E-state index < -0.39 is 5.79 Å². The standard InChI is InChI=1S/C15H23IO3.C11H12ClN3O/c1-11(16)12-6-9-14(2)13(10-12)17-15(19-18-14)7-4-3-5-8-15;1-7-9(12)3-2-8-10(15-16-6-13)4-5-14-11(7)8/h10-11,13H,3-9H2,1-2H3;2-5H,6,13H2,1H3,(H,14,15). The summed E-state index contributed by atoms with van der Waals surface area (Å²) in [5.74, 6) is -0.476. The Kier molecular flexibility index (Phi) is 8.95. The van der Waals surface area contributed by atoms with Gasteiger partial charge in [0.15, 0.2) is 0 Å². The summed E-state index contributed by atoms with van der Waals surface area (Å²) in [6.45, 7) is 6.39. The molecule has 1 saturated carbocycles. The van der Waals surface area contributed by atoms with Crippen molar-refractivity contribution < 1.29 is 19.3 Å². The average Bonchev–Trinajstić information content (AvgIpc) is 2.86. The normalized spacial score (nSPS) is 26.3. The van der Waals surface area contributed by atoms with E-state index in [1.165, 1.54) is 24.8 Å². The summed E-state index contributed by atoms with van der Waals surface area (Å²) in [6.07, 6.45) is 11.6. The molecule has 0 amide bonds. The number of rotatable bonds is 4. The van der Waals surface area contributed by atoms with Crippen LogP contribution >= 0.6 is 34.2 Å². The number of alkyl halides is 1. The van der Waals surface area contributed by atoms with Crippen LogP contribution in [0.5, 0.6) is 0 Å². The Labute approximate surface area is 226 Å². The summed E-state index contributed by atoms with van der Waals surface area (Å²) in [4.78, 5) is 20.8. The topological polar surface area (TPSA) is 87.9 Å². The highest BCUT2D eigenvalue weighted by Gasteiger charge is 2.51. The number of fused-ring (bicyclic) bond motifs is 2. The number of benzene rings is 1. The van der Waals surface area contributed by atoms with Gasteiger partial charge in [-0.1, -0.05) is 52.3 Å². The fourth-order valence-electron chi connectivity index (χ4n) is 4.83. The Balaban J connectivity index is 0.000000168. The van der Waals surface area contributed by atoms with E-state index >= 15 is 0 Å². The number of anilines is 1. The number of aryl methyl sites for hydroxylation is 1. The van der Waals surface area contributed by atoms with Gasteiger partial charge in [-0.25, -0.2) is 9.78 Å². The van der Waals surface area contributed by atoms with Gasteiger partial charge in [-0.15, -0.1) is 0 Å². The maximum absolute atomic E-state index is 6.38. The Bertz CT molecular complexity index is 1060. The van der Waals surface area contributed by atoms with Gasteiger partial charge in [0.2, 0.25) is 5.79 Å². The average molecular weight is 616 g/mol. The van der Waals surface area contributed by atoms with Crippen molar-refractivity contribution in [2.24, 2.45) is 5.73 Å². The lowest BCUT2D eigenvalue weighted by molar-refractivity contribution is -0.526. The molecule has 1 saturated heterocycles. The molecule has 3 aliphatic rings. The molecule has 192 valence electrons. The van der Waals surface area contributed by atoms with Crippen LogP contribution in [0.2, 0.25) is 5.02 Å². The van der Waals surface area contributed by atoms with Crippen molar-refractivity contribution in [3.8, 4) is 0 Å². The first-order valence-corrected chi connectivity index (χ1v) is 13.9. The molecule has 0 radical (unpaired) electrons. The predicted molar refractivity (Wildman–Crippen MR) is 147 cm³/mol. The number of allylic oxidation sites excluding steroid dienone is 1. The van der Waals surface area contributed by atoms with Crippen molar-refractivity contribution in [1.82, 2.24) is 4.98 Å². The predicted octanol–water partition coefficient (Wildman–Crippen LogP) is 6.75. The molecule has 2 aromatic rings. The molecule has 0 bridgehead atoms. The SMILES string of the molecule is CC(I)C1=CC2OC3(CCCCC3)OOC2(C)CC1.Cc1c(Cl)ccc2c(NOCN)ccnc12. The number of pyridine rings is 1. The molecule has 7 nitrogen and oxygen atoms in total. The van der Waals surface area contributed by atoms with E-state index in [1.807, 2.05) is 25.1 Å². The molecule has 1 aromatic heterocycles. The molecule has 2 aliphatic carbocycles. The highest BCUT2D eigenvalue weighted by molar-refractivity contribution is 14.1. The van der Waals surface area contributed by atoms with Crippen molar-refractivity contribution in [2.45, 2.75) is 87.1 Å². The van der Waals surface area contributed by atoms with Crippen molar-refractivity contribution in [2.75, 3.05) is 12.2 Å². The van der Waals surface area contributed by atoms with Crippen LogP contribution in [0.4, 0.5) is 5.69 Å². The zero-order valence-electron chi connectivity index (χ0n) is 20.6. The number of nitrogens with zero attached hydrogens (tertiary/aromatic N) is 1. The molecule has 9 heteroatoms. The molecule has 5 rings (SSSR count). The van der Waals surface area contributed by atoms with Crippen molar-refractivity contribution >= 4 is 50.8 Å². The molecule has 1 aromatic carbocycles. The summed E-state index contributed by atoms with van der Waals surface area (Å²) < 4.78 is 6.94. The van der Waals surface area contributed by atoms with E-state index in [2.05, 4.69) is 53.0 Å². The van der Waals surface area contributed by atoms with Crippen LogP contribution in [-0.4, -0.2) is 33.1 Å². The molecule has 1 spiro atoms. The van der Waals surface area contributed by atoms with E-state index in [9.17, 15) is 0 Å². The minimum atomic E-state index is -0.476. The molecule has 2 heterocycles. The van der Waals surface area contributed by atoms with Crippen LogP contribution in [0, 0.1) is 6.92 Å².